The van der Waals surface area contributed by atoms with E-state index in [0.29, 0.717) is 29.2 Å². The lowest BCUT2D eigenvalue weighted by Crippen LogP contribution is -2.14. The molecule has 1 aromatic carbocycles. The Morgan fingerprint density at radius 1 is 1.07 bits per heavy atom. The number of benzene rings is 1. The van der Waals surface area contributed by atoms with E-state index in [-0.39, 0.29) is 12.4 Å². The summed E-state index contributed by atoms with van der Waals surface area (Å²) in [5, 5.41) is 0. The maximum Gasteiger partial charge on any atom is 0.331 e. The van der Waals surface area contributed by atoms with Crippen molar-refractivity contribution in [3.63, 3.8) is 0 Å². The molecule has 0 N–H and O–H groups in total. The number of Topliss-reactive ketones (excluding diaryl/α,β-unsaturated/α-hetero) is 1. The van der Waals surface area contributed by atoms with Crippen LogP contribution < -0.4 is 9.47 Å². The molecule has 0 saturated heterocycles. The highest BCUT2D eigenvalue weighted by Gasteiger charge is 2.17. The number of methoxy groups -OCH3 is 3. The van der Waals surface area contributed by atoms with E-state index in [9.17, 15) is 9.59 Å². The van der Waals surface area contributed by atoms with E-state index < -0.39 is 5.97 Å². The van der Waals surface area contributed by atoms with E-state index in [1.54, 1.807) is 45.6 Å². The van der Waals surface area contributed by atoms with Crippen LogP contribution in [0.1, 0.15) is 33.7 Å². The molecule has 162 valence electrons. The predicted molar refractivity (Wildman–Crippen MR) is 114 cm³/mol. The normalized spacial score (nSPS) is 11.0. The first kappa shape index (κ1) is 23.2. The number of hydrogen-bond acceptors (Lipinski definition) is 6. The predicted octanol–water partition coefficient (Wildman–Crippen LogP) is 3.60. The van der Waals surface area contributed by atoms with Gasteiger partial charge in [0.1, 0.15) is 11.5 Å². The van der Waals surface area contributed by atoms with Gasteiger partial charge in [-0.1, -0.05) is 0 Å². The first-order valence-electron chi connectivity index (χ1n) is 9.67. The van der Waals surface area contributed by atoms with Crippen LogP contribution >= 0.6 is 0 Å². The third-order valence-corrected chi connectivity index (χ3v) is 4.79. The van der Waals surface area contributed by atoms with E-state index in [1.807, 2.05) is 19.9 Å². The lowest BCUT2D eigenvalue weighted by Gasteiger charge is -2.09. The van der Waals surface area contributed by atoms with E-state index >= 15 is 0 Å². The van der Waals surface area contributed by atoms with Crippen LogP contribution in [0.4, 0.5) is 0 Å². The van der Waals surface area contributed by atoms with Gasteiger partial charge in [0, 0.05) is 48.9 Å². The summed E-state index contributed by atoms with van der Waals surface area (Å²) in [7, 11) is 4.77. The van der Waals surface area contributed by atoms with Gasteiger partial charge in [-0.3, -0.25) is 4.79 Å². The topological polar surface area (TPSA) is 76.0 Å². The van der Waals surface area contributed by atoms with Crippen molar-refractivity contribution in [2.24, 2.45) is 0 Å². The molecule has 0 saturated carbocycles. The molecule has 0 fully saturated rings. The third kappa shape index (κ3) is 5.97. The van der Waals surface area contributed by atoms with Crippen molar-refractivity contribution in [2.45, 2.75) is 26.8 Å². The van der Waals surface area contributed by atoms with E-state index in [1.165, 1.54) is 6.08 Å². The summed E-state index contributed by atoms with van der Waals surface area (Å²) in [5.41, 5.74) is 3.08. The van der Waals surface area contributed by atoms with Crippen LogP contribution in [0.15, 0.2) is 30.3 Å². The van der Waals surface area contributed by atoms with Crippen LogP contribution in [0.5, 0.6) is 11.5 Å². The molecule has 30 heavy (non-hydrogen) atoms. The summed E-state index contributed by atoms with van der Waals surface area (Å²) < 4.78 is 22.7. The van der Waals surface area contributed by atoms with Crippen molar-refractivity contribution in [1.29, 1.82) is 0 Å². The second kappa shape index (κ2) is 11.2. The first-order valence-corrected chi connectivity index (χ1v) is 9.67. The summed E-state index contributed by atoms with van der Waals surface area (Å²) in [6.45, 7) is 4.95. The molecule has 2 aromatic rings. The van der Waals surface area contributed by atoms with Crippen molar-refractivity contribution in [3.05, 3.63) is 52.9 Å². The number of aryl methyl sites for hydroxylation is 1. The van der Waals surface area contributed by atoms with Gasteiger partial charge in [-0.15, -0.1) is 0 Å². The maximum atomic E-state index is 12.5. The van der Waals surface area contributed by atoms with Gasteiger partial charge in [0.25, 0.3) is 0 Å². The van der Waals surface area contributed by atoms with E-state index in [0.717, 1.165) is 24.4 Å². The zero-order valence-corrected chi connectivity index (χ0v) is 18.2. The second-order valence-corrected chi connectivity index (χ2v) is 6.75. The molecule has 0 aliphatic heterocycles. The zero-order chi connectivity index (χ0) is 22.1. The maximum absolute atomic E-state index is 12.5. The van der Waals surface area contributed by atoms with Gasteiger partial charge in [-0.2, -0.15) is 0 Å². The van der Waals surface area contributed by atoms with Crippen molar-refractivity contribution in [1.82, 2.24) is 4.57 Å². The van der Waals surface area contributed by atoms with Gasteiger partial charge in [-0.25, -0.2) is 4.79 Å². The van der Waals surface area contributed by atoms with Crippen molar-refractivity contribution in [2.75, 3.05) is 34.5 Å². The third-order valence-electron chi connectivity index (χ3n) is 4.79. The fourth-order valence-electron chi connectivity index (χ4n) is 3.18. The molecule has 1 aromatic heterocycles. The summed E-state index contributed by atoms with van der Waals surface area (Å²) >= 11 is 0. The summed E-state index contributed by atoms with van der Waals surface area (Å²) in [6, 6.07) is 7.08. The van der Waals surface area contributed by atoms with Crippen LogP contribution in [-0.4, -0.2) is 50.9 Å². The number of ether oxygens (including phenoxy) is 4. The Morgan fingerprint density at radius 3 is 2.50 bits per heavy atom. The number of carbonyl (C=O) groups is 2. The van der Waals surface area contributed by atoms with Gasteiger partial charge in [-0.05, 0) is 50.6 Å². The molecule has 0 amide bonds. The highest BCUT2D eigenvalue weighted by molar-refractivity contribution is 6.00. The second-order valence-electron chi connectivity index (χ2n) is 6.75. The summed E-state index contributed by atoms with van der Waals surface area (Å²) in [4.78, 5) is 24.6. The number of rotatable bonds is 11. The first-order chi connectivity index (χ1) is 14.4. The van der Waals surface area contributed by atoms with Crippen LogP contribution in [0.3, 0.4) is 0 Å². The van der Waals surface area contributed by atoms with Gasteiger partial charge < -0.3 is 23.5 Å². The fraction of sp³-hybridized carbons (Fsp3) is 0.391. The quantitative estimate of drug-likeness (QED) is 0.242. The fourth-order valence-corrected chi connectivity index (χ4v) is 3.18. The largest absolute Gasteiger partial charge is 0.497 e. The molecule has 0 bridgehead atoms. The zero-order valence-electron chi connectivity index (χ0n) is 18.2. The summed E-state index contributed by atoms with van der Waals surface area (Å²) in [6.07, 6.45) is 3.68. The molecule has 2 rings (SSSR count). The number of ketones is 1. The minimum absolute atomic E-state index is 0.234. The Balaban J connectivity index is 1.99. The molecule has 7 nitrogen and oxygen atoms in total. The Morgan fingerprint density at radius 2 is 1.83 bits per heavy atom. The molecule has 0 atom stereocenters. The summed E-state index contributed by atoms with van der Waals surface area (Å²) in [5.74, 6) is 0.389. The number of hydrogen-bond donors (Lipinski definition) is 0. The molecule has 0 aliphatic rings. The van der Waals surface area contributed by atoms with Crippen LogP contribution in [0.25, 0.3) is 6.08 Å². The molecular formula is C23H29NO6. The van der Waals surface area contributed by atoms with Crippen LogP contribution in [0, 0.1) is 13.8 Å². The molecule has 0 radical (unpaired) electrons. The lowest BCUT2D eigenvalue weighted by molar-refractivity contribution is -0.136. The monoisotopic (exact) mass is 415 g/mol. The number of nitrogens with zero attached hydrogens (tertiary/aromatic N) is 1. The Labute approximate surface area is 177 Å². The van der Waals surface area contributed by atoms with E-state index in [4.69, 9.17) is 18.9 Å². The highest BCUT2D eigenvalue weighted by atomic mass is 16.5. The lowest BCUT2D eigenvalue weighted by atomic mass is 10.1. The van der Waals surface area contributed by atoms with Crippen LogP contribution in [0.2, 0.25) is 0 Å². The molecule has 0 unspecified atom stereocenters. The minimum Gasteiger partial charge on any atom is -0.497 e. The highest BCUT2D eigenvalue weighted by Crippen LogP contribution is 2.25. The average molecular weight is 415 g/mol. The van der Waals surface area contributed by atoms with Crippen LogP contribution in [-0.2, 0) is 20.8 Å². The Bertz CT molecular complexity index is 913. The molecule has 1 heterocycles. The smallest absolute Gasteiger partial charge is 0.331 e. The molecule has 0 spiro atoms. The average Bonchev–Trinajstić information content (AvgIpc) is 3.04. The van der Waals surface area contributed by atoms with Gasteiger partial charge >= 0.3 is 5.97 Å². The molecule has 7 heteroatoms. The standard InChI is InChI=1S/C23H29NO6/c1-16-13-20(17(2)24(16)11-6-12-27-3)21(25)15-30-23(26)10-7-18-14-19(28-4)8-9-22(18)29-5/h7-10,13-14H,6,11-12,15H2,1-5H3/b10-7+. The van der Waals surface area contributed by atoms with Crippen molar-refractivity contribution < 1.29 is 28.5 Å². The number of esters is 1. The van der Waals surface area contributed by atoms with Crippen molar-refractivity contribution >= 4 is 17.8 Å². The number of carbonyl (C=O) groups excluding carboxylic acids is 2. The van der Waals surface area contributed by atoms with Gasteiger partial charge in [0.05, 0.1) is 14.2 Å². The molecular weight excluding hydrogens is 386 g/mol. The van der Waals surface area contributed by atoms with Gasteiger partial charge in [0.2, 0.25) is 5.78 Å². The van der Waals surface area contributed by atoms with Crippen molar-refractivity contribution in [3.8, 4) is 11.5 Å². The van der Waals surface area contributed by atoms with E-state index in [2.05, 4.69) is 4.57 Å². The van der Waals surface area contributed by atoms with Gasteiger partial charge in [0.15, 0.2) is 6.61 Å². The Kier molecular flexibility index (Phi) is 8.68. The Hall–Kier alpha value is -3.06. The minimum atomic E-state index is -0.609. The molecule has 0 aliphatic carbocycles. The SMILES string of the molecule is COCCCn1c(C)cc(C(=O)COC(=O)/C=C/c2cc(OC)ccc2OC)c1C. The number of aromatic nitrogens is 1.